The molecule has 0 spiro atoms. The average molecular weight is 398 g/mol. The highest BCUT2D eigenvalue weighted by Gasteiger charge is 2.22. The number of carbonyl (C=O) groups excluding carboxylic acids is 2. The molecule has 0 aliphatic carbocycles. The Morgan fingerprint density at radius 1 is 0.833 bits per heavy atom. The monoisotopic (exact) mass is 398 g/mol. The summed E-state index contributed by atoms with van der Waals surface area (Å²) in [6.45, 7) is 1.52. The van der Waals surface area contributed by atoms with Crippen molar-refractivity contribution in [1.82, 2.24) is 4.90 Å². The SMILES string of the molecule is O=C(Nc1ccccc1C(=O)N1CCCCC1)c1cc2c(ccc3ccccc32)o1. The average Bonchev–Trinajstić information content (AvgIpc) is 3.25. The number of anilines is 1. The molecule has 0 radical (unpaired) electrons. The van der Waals surface area contributed by atoms with E-state index in [1.165, 1.54) is 0 Å². The van der Waals surface area contributed by atoms with E-state index in [1.54, 1.807) is 18.2 Å². The number of rotatable bonds is 3. The number of likely N-dealkylation sites (tertiary alicyclic amines) is 1. The van der Waals surface area contributed by atoms with Crippen molar-refractivity contribution in [2.24, 2.45) is 0 Å². The number of fused-ring (bicyclic) bond motifs is 3. The highest BCUT2D eigenvalue weighted by Crippen LogP contribution is 2.29. The van der Waals surface area contributed by atoms with Crippen molar-refractivity contribution in [3.63, 3.8) is 0 Å². The predicted octanol–water partition coefficient (Wildman–Crippen LogP) is 5.46. The highest BCUT2D eigenvalue weighted by atomic mass is 16.3. The van der Waals surface area contributed by atoms with Gasteiger partial charge in [-0.1, -0.05) is 42.5 Å². The molecule has 0 saturated carbocycles. The fourth-order valence-corrected chi connectivity index (χ4v) is 4.13. The lowest BCUT2D eigenvalue weighted by Gasteiger charge is -2.27. The quantitative estimate of drug-likeness (QED) is 0.498. The molecule has 1 aromatic heterocycles. The van der Waals surface area contributed by atoms with Crippen LogP contribution in [0.2, 0.25) is 0 Å². The maximum atomic E-state index is 13.0. The van der Waals surface area contributed by atoms with Crippen molar-refractivity contribution in [2.45, 2.75) is 19.3 Å². The number of amides is 2. The fraction of sp³-hybridized carbons (Fsp3) is 0.200. The van der Waals surface area contributed by atoms with Crippen LogP contribution in [0.3, 0.4) is 0 Å². The minimum Gasteiger partial charge on any atom is -0.451 e. The van der Waals surface area contributed by atoms with Gasteiger partial charge >= 0.3 is 0 Å². The second kappa shape index (κ2) is 7.67. The number of nitrogens with zero attached hydrogens (tertiary/aromatic N) is 1. The van der Waals surface area contributed by atoms with Crippen molar-refractivity contribution in [1.29, 1.82) is 0 Å². The zero-order chi connectivity index (χ0) is 20.5. The van der Waals surface area contributed by atoms with Gasteiger partial charge in [-0.05, 0) is 54.3 Å². The number of benzene rings is 3. The topological polar surface area (TPSA) is 62.6 Å². The molecule has 0 unspecified atom stereocenters. The highest BCUT2D eigenvalue weighted by molar-refractivity contribution is 6.12. The fourth-order valence-electron chi connectivity index (χ4n) is 4.13. The minimum absolute atomic E-state index is 0.0406. The van der Waals surface area contributed by atoms with Crippen LogP contribution in [0.15, 0.2) is 71.1 Å². The molecule has 0 bridgehead atoms. The van der Waals surface area contributed by atoms with Crippen LogP contribution in [0, 0.1) is 0 Å². The first-order valence-corrected chi connectivity index (χ1v) is 10.3. The molecule has 3 aromatic carbocycles. The summed E-state index contributed by atoms with van der Waals surface area (Å²) in [5, 5.41) is 5.91. The smallest absolute Gasteiger partial charge is 0.291 e. The van der Waals surface area contributed by atoms with Gasteiger partial charge in [0.25, 0.3) is 11.8 Å². The first-order chi connectivity index (χ1) is 14.7. The third-order valence-corrected chi connectivity index (χ3v) is 5.70. The molecule has 4 aromatic rings. The van der Waals surface area contributed by atoms with Gasteiger partial charge in [0, 0.05) is 18.5 Å². The summed E-state index contributed by atoms with van der Waals surface area (Å²) in [5.74, 6) is -0.183. The summed E-state index contributed by atoms with van der Waals surface area (Å²) >= 11 is 0. The van der Waals surface area contributed by atoms with Crippen molar-refractivity contribution in [3.05, 3.63) is 78.1 Å². The molecular weight excluding hydrogens is 376 g/mol. The van der Waals surface area contributed by atoms with Crippen LogP contribution in [0.25, 0.3) is 21.7 Å². The van der Waals surface area contributed by atoms with Crippen LogP contribution >= 0.6 is 0 Å². The zero-order valence-corrected chi connectivity index (χ0v) is 16.6. The molecule has 5 rings (SSSR count). The second-order valence-corrected chi connectivity index (χ2v) is 7.66. The van der Waals surface area contributed by atoms with Gasteiger partial charge in [-0.3, -0.25) is 9.59 Å². The first kappa shape index (κ1) is 18.4. The number of hydrogen-bond acceptors (Lipinski definition) is 3. The molecule has 5 heteroatoms. The molecule has 1 saturated heterocycles. The Hall–Kier alpha value is -3.60. The Morgan fingerprint density at radius 2 is 1.60 bits per heavy atom. The van der Waals surface area contributed by atoms with Gasteiger partial charge in [0.05, 0.1) is 11.3 Å². The molecule has 2 amide bonds. The normalized spacial score (nSPS) is 14.2. The van der Waals surface area contributed by atoms with E-state index >= 15 is 0 Å². The summed E-state index contributed by atoms with van der Waals surface area (Å²) < 4.78 is 5.82. The van der Waals surface area contributed by atoms with E-state index in [0.717, 1.165) is 48.5 Å². The lowest BCUT2D eigenvalue weighted by Crippen LogP contribution is -2.36. The van der Waals surface area contributed by atoms with Gasteiger partial charge in [0.2, 0.25) is 0 Å². The van der Waals surface area contributed by atoms with E-state index in [4.69, 9.17) is 4.42 Å². The van der Waals surface area contributed by atoms with E-state index in [9.17, 15) is 9.59 Å². The Bertz CT molecular complexity index is 1250. The zero-order valence-electron chi connectivity index (χ0n) is 16.6. The standard InChI is InChI=1S/C25H22N2O3/c28-24(23-16-20-18-9-3-2-8-17(18)12-13-22(20)30-23)26-21-11-5-4-10-19(21)25(29)27-14-6-1-7-15-27/h2-5,8-13,16H,1,6-7,14-15H2,(H,26,28). The predicted molar refractivity (Wildman–Crippen MR) is 118 cm³/mol. The molecule has 1 aliphatic heterocycles. The summed E-state index contributed by atoms with van der Waals surface area (Å²) in [5.41, 5.74) is 1.68. The van der Waals surface area contributed by atoms with Crippen LogP contribution < -0.4 is 5.32 Å². The van der Waals surface area contributed by atoms with E-state index in [2.05, 4.69) is 5.32 Å². The molecule has 150 valence electrons. The molecule has 5 nitrogen and oxygen atoms in total. The van der Waals surface area contributed by atoms with Gasteiger partial charge in [-0.2, -0.15) is 0 Å². The lowest BCUT2D eigenvalue weighted by molar-refractivity contribution is 0.0725. The van der Waals surface area contributed by atoms with Crippen LogP contribution in [0.5, 0.6) is 0 Å². The molecule has 30 heavy (non-hydrogen) atoms. The minimum atomic E-state index is -0.367. The van der Waals surface area contributed by atoms with E-state index < -0.39 is 0 Å². The maximum absolute atomic E-state index is 13.0. The Balaban J connectivity index is 1.44. The van der Waals surface area contributed by atoms with Crippen molar-refractivity contribution in [2.75, 3.05) is 18.4 Å². The molecule has 1 fully saturated rings. The third kappa shape index (κ3) is 3.32. The van der Waals surface area contributed by atoms with Crippen LogP contribution in [-0.2, 0) is 0 Å². The van der Waals surface area contributed by atoms with E-state index in [0.29, 0.717) is 16.8 Å². The summed E-state index contributed by atoms with van der Waals surface area (Å²) in [7, 11) is 0. The summed E-state index contributed by atoms with van der Waals surface area (Å²) in [6.07, 6.45) is 3.20. The van der Waals surface area contributed by atoms with Crippen molar-refractivity contribution in [3.8, 4) is 0 Å². The second-order valence-electron chi connectivity index (χ2n) is 7.66. The maximum Gasteiger partial charge on any atom is 0.291 e. The number of carbonyl (C=O) groups is 2. The van der Waals surface area contributed by atoms with E-state index in [-0.39, 0.29) is 17.6 Å². The Labute approximate surface area is 174 Å². The van der Waals surface area contributed by atoms with Crippen molar-refractivity contribution >= 4 is 39.2 Å². The first-order valence-electron chi connectivity index (χ1n) is 10.3. The molecular formula is C25H22N2O3. The molecule has 1 aliphatic rings. The van der Waals surface area contributed by atoms with Crippen LogP contribution in [0.4, 0.5) is 5.69 Å². The van der Waals surface area contributed by atoms with Crippen LogP contribution in [0.1, 0.15) is 40.2 Å². The van der Waals surface area contributed by atoms with Crippen molar-refractivity contribution < 1.29 is 14.0 Å². The number of hydrogen-bond donors (Lipinski definition) is 1. The number of piperidine rings is 1. The van der Waals surface area contributed by atoms with Gasteiger partial charge in [0.1, 0.15) is 5.58 Å². The molecule has 0 atom stereocenters. The lowest BCUT2D eigenvalue weighted by atomic mass is 10.1. The van der Waals surface area contributed by atoms with E-state index in [1.807, 2.05) is 53.4 Å². The summed E-state index contributed by atoms with van der Waals surface area (Å²) in [6, 6.07) is 20.8. The van der Waals surface area contributed by atoms with Gasteiger partial charge in [0.15, 0.2) is 5.76 Å². The third-order valence-electron chi connectivity index (χ3n) is 5.70. The molecule has 2 heterocycles. The molecule has 1 N–H and O–H groups in total. The number of para-hydroxylation sites is 1. The van der Waals surface area contributed by atoms with Gasteiger partial charge in [-0.15, -0.1) is 0 Å². The van der Waals surface area contributed by atoms with Gasteiger partial charge < -0.3 is 14.6 Å². The Kier molecular flexibility index (Phi) is 4.71. The van der Waals surface area contributed by atoms with Gasteiger partial charge in [-0.25, -0.2) is 0 Å². The van der Waals surface area contributed by atoms with Crippen LogP contribution in [-0.4, -0.2) is 29.8 Å². The summed E-state index contributed by atoms with van der Waals surface area (Å²) in [4.78, 5) is 27.8. The Morgan fingerprint density at radius 3 is 2.47 bits per heavy atom. The largest absolute Gasteiger partial charge is 0.451 e. The number of nitrogens with one attached hydrogen (secondary N) is 1. The number of furan rings is 1.